The van der Waals surface area contributed by atoms with E-state index in [0.717, 1.165) is 25.3 Å². The predicted molar refractivity (Wildman–Crippen MR) is 94.2 cm³/mol. The Kier molecular flexibility index (Phi) is 4.92. The predicted octanol–water partition coefficient (Wildman–Crippen LogP) is 1.00. The van der Waals surface area contributed by atoms with Crippen molar-refractivity contribution in [2.75, 3.05) is 44.3 Å². The molecule has 26 heavy (non-hydrogen) atoms. The van der Waals surface area contributed by atoms with Crippen LogP contribution in [0.4, 0.5) is 5.82 Å². The van der Waals surface area contributed by atoms with Crippen molar-refractivity contribution in [2.24, 2.45) is 0 Å². The molecule has 2 aliphatic rings. The Morgan fingerprint density at radius 1 is 1.08 bits per heavy atom. The average molecular weight is 355 g/mol. The van der Waals surface area contributed by atoms with Crippen molar-refractivity contribution in [3.63, 3.8) is 0 Å². The molecule has 1 unspecified atom stereocenters. The normalized spacial score (nSPS) is 20.2. The number of carbonyl (C=O) groups is 1. The average Bonchev–Trinajstić information content (AvgIpc) is 3.18. The van der Waals surface area contributed by atoms with Gasteiger partial charge in [-0.15, -0.1) is 0 Å². The highest BCUT2D eigenvalue weighted by atomic mass is 16.5. The van der Waals surface area contributed by atoms with Crippen LogP contribution < -0.4 is 9.64 Å². The summed E-state index contributed by atoms with van der Waals surface area (Å²) >= 11 is 0. The van der Waals surface area contributed by atoms with Crippen LogP contribution in [0.15, 0.2) is 36.9 Å². The van der Waals surface area contributed by atoms with Crippen LogP contribution in [0.5, 0.6) is 5.88 Å². The van der Waals surface area contributed by atoms with Gasteiger partial charge in [-0.25, -0.2) is 9.97 Å². The molecule has 2 aromatic heterocycles. The lowest BCUT2D eigenvalue weighted by molar-refractivity contribution is 0.0770. The molecule has 0 bridgehead atoms. The molecule has 0 aliphatic carbocycles. The van der Waals surface area contributed by atoms with E-state index in [9.17, 15) is 4.79 Å². The Morgan fingerprint density at radius 2 is 1.85 bits per heavy atom. The number of anilines is 1. The van der Waals surface area contributed by atoms with Gasteiger partial charge in [0.2, 0.25) is 0 Å². The van der Waals surface area contributed by atoms with E-state index in [1.165, 1.54) is 0 Å². The molecule has 1 amide bonds. The first-order valence-corrected chi connectivity index (χ1v) is 8.81. The number of morpholine rings is 1. The molecule has 0 spiro atoms. The van der Waals surface area contributed by atoms with Crippen molar-refractivity contribution in [2.45, 2.75) is 12.5 Å². The third-order valence-electron chi connectivity index (χ3n) is 4.59. The highest BCUT2D eigenvalue weighted by Gasteiger charge is 2.30. The van der Waals surface area contributed by atoms with Gasteiger partial charge in [0, 0.05) is 56.4 Å². The number of likely N-dealkylation sites (tertiary alicyclic amines) is 1. The number of hydrogen-bond donors (Lipinski definition) is 0. The zero-order chi connectivity index (χ0) is 17.8. The summed E-state index contributed by atoms with van der Waals surface area (Å²) in [6.07, 6.45) is 7.25. The minimum absolute atomic E-state index is 0.00560. The van der Waals surface area contributed by atoms with E-state index in [1.54, 1.807) is 36.9 Å². The third kappa shape index (κ3) is 3.60. The molecule has 4 rings (SSSR count). The highest BCUT2D eigenvalue weighted by molar-refractivity contribution is 5.94. The molecule has 136 valence electrons. The zero-order valence-electron chi connectivity index (χ0n) is 14.5. The topological polar surface area (TPSA) is 80.7 Å². The Labute approximate surface area is 151 Å². The maximum Gasteiger partial charge on any atom is 0.257 e. The molecule has 2 fully saturated rings. The largest absolute Gasteiger partial charge is 0.470 e. The summed E-state index contributed by atoms with van der Waals surface area (Å²) in [5, 5.41) is 0. The van der Waals surface area contributed by atoms with Crippen molar-refractivity contribution in [3.8, 4) is 5.88 Å². The Bertz CT molecular complexity index is 752. The van der Waals surface area contributed by atoms with Crippen LogP contribution in [0.2, 0.25) is 0 Å². The maximum atomic E-state index is 12.6. The first-order chi connectivity index (χ1) is 12.8. The second-order valence-corrected chi connectivity index (χ2v) is 6.30. The van der Waals surface area contributed by atoms with Crippen LogP contribution in [0, 0.1) is 0 Å². The number of pyridine rings is 1. The number of hydrogen-bond acceptors (Lipinski definition) is 7. The van der Waals surface area contributed by atoms with Gasteiger partial charge in [-0.05, 0) is 12.1 Å². The van der Waals surface area contributed by atoms with Gasteiger partial charge in [-0.3, -0.25) is 9.78 Å². The van der Waals surface area contributed by atoms with Gasteiger partial charge in [0.05, 0.1) is 19.8 Å². The number of ether oxygens (including phenoxy) is 2. The minimum atomic E-state index is -0.0859. The van der Waals surface area contributed by atoms with Crippen LogP contribution in [-0.2, 0) is 4.74 Å². The number of amides is 1. The van der Waals surface area contributed by atoms with Crippen molar-refractivity contribution in [1.29, 1.82) is 0 Å². The van der Waals surface area contributed by atoms with E-state index < -0.39 is 0 Å². The smallest absolute Gasteiger partial charge is 0.257 e. The minimum Gasteiger partial charge on any atom is -0.470 e. The van der Waals surface area contributed by atoms with Gasteiger partial charge < -0.3 is 19.3 Å². The summed E-state index contributed by atoms with van der Waals surface area (Å²) in [6, 6.07) is 3.46. The van der Waals surface area contributed by atoms with Gasteiger partial charge >= 0.3 is 0 Å². The van der Waals surface area contributed by atoms with E-state index in [-0.39, 0.29) is 12.0 Å². The monoisotopic (exact) mass is 355 g/mol. The van der Waals surface area contributed by atoms with Gasteiger partial charge in [0.1, 0.15) is 6.10 Å². The highest BCUT2D eigenvalue weighted by Crippen LogP contribution is 2.26. The SMILES string of the molecule is O=C(c1ccncc1)N1CCC(Oc2nccnc2N2CCOCC2)C1. The first kappa shape index (κ1) is 16.7. The summed E-state index contributed by atoms with van der Waals surface area (Å²) in [7, 11) is 0. The van der Waals surface area contributed by atoms with Gasteiger partial charge in [-0.1, -0.05) is 0 Å². The summed E-state index contributed by atoms with van der Waals surface area (Å²) in [5.41, 5.74) is 0.647. The summed E-state index contributed by atoms with van der Waals surface area (Å²) in [6.45, 7) is 4.10. The fourth-order valence-corrected chi connectivity index (χ4v) is 3.24. The molecule has 8 heteroatoms. The van der Waals surface area contributed by atoms with Gasteiger partial charge in [0.25, 0.3) is 11.8 Å². The quantitative estimate of drug-likeness (QED) is 0.809. The third-order valence-corrected chi connectivity index (χ3v) is 4.59. The summed E-state index contributed by atoms with van der Waals surface area (Å²) in [5.74, 6) is 1.28. The Hall–Kier alpha value is -2.74. The van der Waals surface area contributed by atoms with E-state index in [1.807, 2.05) is 4.90 Å². The summed E-state index contributed by atoms with van der Waals surface area (Å²) < 4.78 is 11.5. The Morgan fingerprint density at radius 3 is 2.65 bits per heavy atom. The van der Waals surface area contributed by atoms with Crippen LogP contribution in [0.3, 0.4) is 0 Å². The van der Waals surface area contributed by atoms with Crippen molar-refractivity contribution in [1.82, 2.24) is 19.9 Å². The van der Waals surface area contributed by atoms with Gasteiger partial charge in [0.15, 0.2) is 5.82 Å². The molecule has 2 aromatic rings. The molecule has 0 N–H and O–H groups in total. The number of carbonyl (C=O) groups excluding carboxylic acids is 1. The van der Waals surface area contributed by atoms with E-state index in [2.05, 4.69) is 19.9 Å². The lowest BCUT2D eigenvalue weighted by atomic mass is 10.2. The van der Waals surface area contributed by atoms with Crippen molar-refractivity contribution in [3.05, 3.63) is 42.5 Å². The Balaban J connectivity index is 1.42. The van der Waals surface area contributed by atoms with Crippen molar-refractivity contribution >= 4 is 11.7 Å². The number of aromatic nitrogens is 3. The first-order valence-electron chi connectivity index (χ1n) is 8.81. The molecule has 8 nitrogen and oxygen atoms in total. The molecular weight excluding hydrogens is 334 g/mol. The van der Waals surface area contributed by atoms with E-state index >= 15 is 0 Å². The molecular formula is C18H21N5O3. The van der Waals surface area contributed by atoms with Crippen LogP contribution >= 0.6 is 0 Å². The van der Waals surface area contributed by atoms with Crippen molar-refractivity contribution < 1.29 is 14.3 Å². The molecule has 0 saturated carbocycles. The standard InChI is InChI=1S/C18H21N5O3/c24-18(14-1-4-19-5-2-14)23-8-3-15(13-23)26-17-16(20-6-7-21-17)22-9-11-25-12-10-22/h1-2,4-7,15H,3,8-13H2. The zero-order valence-corrected chi connectivity index (χ0v) is 14.5. The lowest BCUT2D eigenvalue weighted by Gasteiger charge is -2.29. The summed E-state index contributed by atoms with van der Waals surface area (Å²) in [4.78, 5) is 29.3. The van der Waals surface area contributed by atoms with Crippen LogP contribution in [-0.4, -0.2) is 71.3 Å². The second kappa shape index (κ2) is 7.65. The molecule has 2 saturated heterocycles. The fraction of sp³-hybridized carbons (Fsp3) is 0.444. The molecule has 1 atom stereocenters. The molecule has 0 radical (unpaired) electrons. The second-order valence-electron chi connectivity index (χ2n) is 6.30. The van der Waals surface area contributed by atoms with E-state index in [4.69, 9.17) is 9.47 Å². The number of nitrogens with zero attached hydrogens (tertiary/aromatic N) is 5. The fourth-order valence-electron chi connectivity index (χ4n) is 3.24. The van der Waals surface area contributed by atoms with E-state index in [0.29, 0.717) is 37.7 Å². The molecule has 0 aromatic carbocycles. The molecule has 4 heterocycles. The maximum absolute atomic E-state index is 12.6. The van der Waals surface area contributed by atoms with Gasteiger partial charge in [-0.2, -0.15) is 0 Å². The molecule has 2 aliphatic heterocycles. The lowest BCUT2D eigenvalue weighted by Crippen LogP contribution is -2.37. The number of rotatable bonds is 4. The van der Waals surface area contributed by atoms with Crippen LogP contribution in [0.1, 0.15) is 16.8 Å². The van der Waals surface area contributed by atoms with Crippen LogP contribution in [0.25, 0.3) is 0 Å².